The van der Waals surface area contributed by atoms with E-state index in [-0.39, 0.29) is 23.8 Å². The molecule has 0 radical (unpaired) electrons. The molecule has 1 aromatic carbocycles. The number of fused-ring (bicyclic) bond motifs is 1. The van der Waals surface area contributed by atoms with E-state index >= 15 is 0 Å². The molecule has 7 heteroatoms. The maximum atomic E-state index is 12.9. The standard InChI is InChI=1S/C20H28N4O3/c1-14(18(25)22-20(27)21-2)23-10-8-16(9-11-23)19(26)24-12-7-15-5-3-4-6-17(15)13-24/h3-6,14,16H,7-13H2,1-2H3,(H2,21,22,25,27)/t14-/m1/s1. The number of benzene rings is 1. The highest BCUT2D eigenvalue weighted by Crippen LogP contribution is 2.25. The van der Waals surface area contributed by atoms with Gasteiger partial charge in [-0.2, -0.15) is 0 Å². The topological polar surface area (TPSA) is 81.8 Å². The van der Waals surface area contributed by atoms with E-state index in [4.69, 9.17) is 0 Å². The van der Waals surface area contributed by atoms with Crippen LogP contribution in [-0.4, -0.2) is 60.4 Å². The minimum absolute atomic E-state index is 0.0145. The number of carbonyl (C=O) groups is 3. The Kier molecular flexibility index (Phi) is 6.11. The molecule has 4 amide bonds. The molecule has 1 saturated heterocycles. The molecule has 0 aromatic heterocycles. The first-order chi connectivity index (χ1) is 13.0. The number of rotatable bonds is 3. The van der Waals surface area contributed by atoms with Crippen LogP contribution in [0.15, 0.2) is 24.3 Å². The van der Waals surface area contributed by atoms with Gasteiger partial charge in [0.15, 0.2) is 0 Å². The molecule has 0 aliphatic carbocycles. The number of hydrogen-bond acceptors (Lipinski definition) is 4. The molecule has 2 aliphatic rings. The van der Waals surface area contributed by atoms with Crippen molar-refractivity contribution in [2.45, 2.75) is 38.8 Å². The molecule has 0 saturated carbocycles. The molecule has 0 spiro atoms. The summed E-state index contributed by atoms with van der Waals surface area (Å²) in [5.74, 6) is -0.0703. The molecule has 3 rings (SSSR count). The molecule has 7 nitrogen and oxygen atoms in total. The van der Waals surface area contributed by atoms with Crippen molar-refractivity contribution in [2.24, 2.45) is 5.92 Å². The zero-order valence-corrected chi connectivity index (χ0v) is 16.0. The van der Waals surface area contributed by atoms with E-state index in [1.807, 2.05) is 21.9 Å². The normalized spacial score (nSPS) is 19.1. The van der Waals surface area contributed by atoms with Crippen LogP contribution in [0.25, 0.3) is 0 Å². The molecule has 27 heavy (non-hydrogen) atoms. The van der Waals surface area contributed by atoms with Gasteiger partial charge in [0.1, 0.15) is 0 Å². The third kappa shape index (κ3) is 4.47. The third-order valence-corrected chi connectivity index (χ3v) is 5.71. The van der Waals surface area contributed by atoms with Gasteiger partial charge in [-0.15, -0.1) is 0 Å². The molecule has 2 aliphatic heterocycles. The van der Waals surface area contributed by atoms with Crippen LogP contribution in [-0.2, 0) is 22.6 Å². The monoisotopic (exact) mass is 372 g/mol. The summed E-state index contributed by atoms with van der Waals surface area (Å²) in [6.45, 7) is 4.63. The number of likely N-dealkylation sites (tertiary alicyclic amines) is 1. The molecule has 0 unspecified atom stereocenters. The molecule has 1 fully saturated rings. The Balaban J connectivity index is 1.51. The Morgan fingerprint density at radius 3 is 2.41 bits per heavy atom. The molecule has 2 heterocycles. The number of hydrogen-bond donors (Lipinski definition) is 2. The number of amides is 4. The van der Waals surface area contributed by atoms with E-state index in [0.29, 0.717) is 19.6 Å². The van der Waals surface area contributed by atoms with Gasteiger partial charge in [-0.1, -0.05) is 24.3 Å². The largest absolute Gasteiger partial charge is 0.341 e. The van der Waals surface area contributed by atoms with Gasteiger partial charge in [-0.25, -0.2) is 4.79 Å². The first kappa shape index (κ1) is 19.4. The number of nitrogens with zero attached hydrogens (tertiary/aromatic N) is 2. The predicted molar refractivity (Wildman–Crippen MR) is 102 cm³/mol. The molecule has 1 aromatic rings. The molecule has 1 atom stereocenters. The summed E-state index contributed by atoms with van der Waals surface area (Å²) in [7, 11) is 1.48. The highest BCUT2D eigenvalue weighted by atomic mass is 16.2. The average Bonchev–Trinajstić information content (AvgIpc) is 2.72. The Labute approximate surface area is 160 Å². The van der Waals surface area contributed by atoms with Crippen LogP contribution in [0.3, 0.4) is 0 Å². The van der Waals surface area contributed by atoms with E-state index < -0.39 is 6.03 Å². The van der Waals surface area contributed by atoms with Crippen LogP contribution >= 0.6 is 0 Å². The summed E-state index contributed by atoms with van der Waals surface area (Å²) in [6, 6.07) is 7.43. The fourth-order valence-corrected chi connectivity index (χ4v) is 3.92. The summed E-state index contributed by atoms with van der Waals surface area (Å²) in [6.07, 6.45) is 2.40. The van der Waals surface area contributed by atoms with Crippen molar-refractivity contribution in [1.29, 1.82) is 0 Å². The highest BCUT2D eigenvalue weighted by Gasteiger charge is 2.33. The lowest BCUT2D eigenvalue weighted by Gasteiger charge is -2.37. The van der Waals surface area contributed by atoms with E-state index in [2.05, 4.69) is 22.8 Å². The van der Waals surface area contributed by atoms with E-state index in [1.165, 1.54) is 18.2 Å². The van der Waals surface area contributed by atoms with Gasteiger partial charge in [0, 0.05) is 26.1 Å². The lowest BCUT2D eigenvalue weighted by atomic mass is 9.92. The quantitative estimate of drug-likeness (QED) is 0.833. The van der Waals surface area contributed by atoms with Gasteiger partial charge < -0.3 is 10.2 Å². The summed E-state index contributed by atoms with van der Waals surface area (Å²) in [5, 5.41) is 4.70. The smallest absolute Gasteiger partial charge is 0.321 e. The first-order valence-electron chi connectivity index (χ1n) is 9.61. The Bertz CT molecular complexity index is 713. The van der Waals surface area contributed by atoms with Crippen LogP contribution in [0, 0.1) is 5.92 Å². The fraction of sp³-hybridized carbons (Fsp3) is 0.550. The second-order valence-electron chi connectivity index (χ2n) is 7.33. The fourth-order valence-electron chi connectivity index (χ4n) is 3.92. The predicted octanol–water partition coefficient (Wildman–Crippen LogP) is 1.13. The van der Waals surface area contributed by atoms with Gasteiger partial charge in [0.25, 0.3) is 0 Å². The minimum atomic E-state index is -0.498. The Morgan fingerprint density at radius 2 is 1.74 bits per heavy atom. The van der Waals surface area contributed by atoms with Crippen molar-refractivity contribution < 1.29 is 14.4 Å². The highest BCUT2D eigenvalue weighted by molar-refractivity contribution is 5.96. The number of nitrogens with one attached hydrogen (secondary N) is 2. The number of urea groups is 1. The van der Waals surface area contributed by atoms with Crippen molar-refractivity contribution >= 4 is 17.8 Å². The van der Waals surface area contributed by atoms with Crippen LogP contribution < -0.4 is 10.6 Å². The van der Waals surface area contributed by atoms with Gasteiger partial charge in [0.2, 0.25) is 11.8 Å². The third-order valence-electron chi connectivity index (χ3n) is 5.71. The summed E-state index contributed by atoms with van der Waals surface area (Å²) >= 11 is 0. The molecular formula is C20H28N4O3. The summed E-state index contributed by atoms with van der Waals surface area (Å²) in [5.41, 5.74) is 2.58. The molecule has 146 valence electrons. The lowest BCUT2D eigenvalue weighted by Crippen LogP contribution is -2.52. The summed E-state index contributed by atoms with van der Waals surface area (Å²) < 4.78 is 0. The van der Waals surface area contributed by atoms with Crippen molar-refractivity contribution in [1.82, 2.24) is 20.4 Å². The number of carbonyl (C=O) groups excluding carboxylic acids is 3. The Hall–Kier alpha value is -2.41. The lowest BCUT2D eigenvalue weighted by molar-refractivity contribution is -0.138. The number of imide groups is 1. The maximum absolute atomic E-state index is 12.9. The molecule has 0 bridgehead atoms. The van der Waals surface area contributed by atoms with Gasteiger partial charge in [0.05, 0.1) is 6.04 Å². The van der Waals surface area contributed by atoms with Crippen molar-refractivity contribution in [3.8, 4) is 0 Å². The molecular weight excluding hydrogens is 344 g/mol. The van der Waals surface area contributed by atoms with Crippen LogP contribution in [0.2, 0.25) is 0 Å². The zero-order chi connectivity index (χ0) is 19.4. The van der Waals surface area contributed by atoms with Crippen molar-refractivity contribution in [2.75, 3.05) is 26.7 Å². The summed E-state index contributed by atoms with van der Waals surface area (Å²) in [4.78, 5) is 40.3. The number of piperidine rings is 1. The Morgan fingerprint density at radius 1 is 1.07 bits per heavy atom. The van der Waals surface area contributed by atoms with E-state index in [9.17, 15) is 14.4 Å². The SMILES string of the molecule is CNC(=O)NC(=O)[C@@H](C)N1CCC(C(=O)N2CCc3ccccc3C2)CC1. The van der Waals surface area contributed by atoms with Gasteiger partial charge in [-0.3, -0.25) is 19.8 Å². The first-order valence-corrected chi connectivity index (χ1v) is 9.61. The van der Waals surface area contributed by atoms with Crippen LogP contribution in [0.5, 0.6) is 0 Å². The maximum Gasteiger partial charge on any atom is 0.321 e. The zero-order valence-electron chi connectivity index (χ0n) is 16.0. The van der Waals surface area contributed by atoms with Crippen molar-refractivity contribution in [3.63, 3.8) is 0 Å². The van der Waals surface area contributed by atoms with Crippen LogP contribution in [0.1, 0.15) is 30.9 Å². The van der Waals surface area contributed by atoms with Crippen LogP contribution in [0.4, 0.5) is 4.79 Å². The van der Waals surface area contributed by atoms with E-state index in [0.717, 1.165) is 25.8 Å². The van der Waals surface area contributed by atoms with Gasteiger partial charge in [-0.05, 0) is 50.4 Å². The van der Waals surface area contributed by atoms with Crippen molar-refractivity contribution in [3.05, 3.63) is 35.4 Å². The second kappa shape index (κ2) is 8.52. The average molecular weight is 372 g/mol. The minimum Gasteiger partial charge on any atom is -0.341 e. The van der Waals surface area contributed by atoms with Gasteiger partial charge >= 0.3 is 6.03 Å². The molecule has 2 N–H and O–H groups in total. The second-order valence-corrected chi connectivity index (χ2v) is 7.33. The van der Waals surface area contributed by atoms with E-state index in [1.54, 1.807) is 6.92 Å².